The first kappa shape index (κ1) is 22.4. The molecule has 0 spiro atoms. The summed E-state index contributed by atoms with van der Waals surface area (Å²) in [5.74, 6) is -0.394. The quantitative estimate of drug-likeness (QED) is 0.442. The van der Waals surface area contributed by atoms with Crippen molar-refractivity contribution >= 4 is 23.2 Å². The summed E-state index contributed by atoms with van der Waals surface area (Å²) in [5.41, 5.74) is 9.36. The fourth-order valence-corrected chi connectivity index (χ4v) is 4.00. The molecule has 0 radical (unpaired) electrons. The third-order valence-electron chi connectivity index (χ3n) is 5.76. The van der Waals surface area contributed by atoms with Crippen molar-refractivity contribution in [2.45, 2.75) is 33.4 Å². The van der Waals surface area contributed by atoms with E-state index in [4.69, 9.17) is 0 Å². The Bertz CT molecular complexity index is 1180. The summed E-state index contributed by atoms with van der Waals surface area (Å²) in [7, 11) is 0. The van der Waals surface area contributed by atoms with Crippen molar-refractivity contribution < 1.29 is 9.59 Å². The molecule has 1 aliphatic heterocycles. The molecule has 168 valence electrons. The Morgan fingerprint density at radius 2 is 1.67 bits per heavy atom. The third-order valence-corrected chi connectivity index (χ3v) is 5.76. The molecule has 0 fully saturated rings. The van der Waals surface area contributed by atoms with E-state index in [2.05, 4.69) is 45.0 Å². The maximum absolute atomic E-state index is 12.5. The van der Waals surface area contributed by atoms with Crippen molar-refractivity contribution in [3.05, 3.63) is 101 Å². The Balaban J connectivity index is 1.34. The van der Waals surface area contributed by atoms with Gasteiger partial charge in [0, 0.05) is 37.8 Å². The lowest BCUT2D eigenvalue weighted by molar-refractivity contribution is -0.114. The van der Waals surface area contributed by atoms with Gasteiger partial charge < -0.3 is 5.32 Å². The average Bonchev–Trinajstić information content (AvgIpc) is 2.82. The summed E-state index contributed by atoms with van der Waals surface area (Å²) in [5, 5.41) is 6.97. The minimum Gasteiger partial charge on any atom is -0.326 e. The monoisotopic (exact) mass is 440 g/mol. The first-order valence-corrected chi connectivity index (χ1v) is 11.1. The predicted octanol–water partition coefficient (Wildman–Crippen LogP) is 4.36. The van der Waals surface area contributed by atoms with Gasteiger partial charge in [0.1, 0.15) is 0 Å². The van der Waals surface area contributed by atoms with Gasteiger partial charge in [0.15, 0.2) is 0 Å². The summed E-state index contributed by atoms with van der Waals surface area (Å²) in [6.45, 7) is 6.13. The van der Waals surface area contributed by atoms with Gasteiger partial charge in [0.05, 0.1) is 5.71 Å². The van der Waals surface area contributed by atoms with Crippen LogP contribution in [0.5, 0.6) is 0 Å². The lowest BCUT2D eigenvalue weighted by Gasteiger charge is -2.28. The number of anilines is 1. The molecule has 0 saturated carbocycles. The highest BCUT2D eigenvalue weighted by Gasteiger charge is 2.16. The highest BCUT2D eigenvalue weighted by Crippen LogP contribution is 2.20. The van der Waals surface area contributed by atoms with Gasteiger partial charge in [-0.2, -0.15) is 5.10 Å². The number of fused-ring (bicyclic) bond motifs is 1. The number of nitrogens with zero attached hydrogens (tertiary/aromatic N) is 2. The number of amides is 2. The van der Waals surface area contributed by atoms with E-state index in [1.165, 1.54) is 23.6 Å². The van der Waals surface area contributed by atoms with Crippen LogP contribution in [0.1, 0.15) is 46.5 Å². The second-order valence-electron chi connectivity index (χ2n) is 8.33. The number of carbonyl (C=O) groups excluding carboxylic acids is 2. The van der Waals surface area contributed by atoms with Gasteiger partial charge in [0.25, 0.3) is 5.91 Å². The van der Waals surface area contributed by atoms with E-state index in [1.54, 1.807) is 6.07 Å². The van der Waals surface area contributed by atoms with Crippen LogP contribution in [0.25, 0.3) is 0 Å². The number of hydrogen-bond acceptors (Lipinski definition) is 4. The first-order valence-electron chi connectivity index (χ1n) is 11.1. The Morgan fingerprint density at radius 3 is 2.42 bits per heavy atom. The van der Waals surface area contributed by atoms with Crippen molar-refractivity contribution in [1.29, 1.82) is 0 Å². The number of hydrogen-bond donors (Lipinski definition) is 2. The van der Waals surface area contributed by atoms with Crippen LogP contribution >= 0.6 is 0 Å². The van der Waals surface area contributed by atoms with Crippen molar-refractivity contribution in [1.82, 2.24) is 10.3 Å². The largest absolute Gasteiger partial charge is 0.326 e. The van der Waals surface area contributed by atoms with Gasteiger partial charge in [-0.05, 0) is 59.9 Å². The summed E-state index contributed by atoms with van der Waals surface area (Å²) in [6, 6.07) is 23.6. The molecule has 6 nitrogen and oxygen atoms in total. The number of hydrazone groups is 1. The van der Waals surface area contributed by atoms with Crippen LogP contribution in [-0.4, -0.2) is 29.0 Å². The van der Waals surface area contributed by atoms with E-state index in [1.807, 2.05) is 49.4 Å². The molecular formula is C27H28N4O2. The number of benzene rings is 3. The summed E-state index contributed by atoms with van der Waals surface area (Å²) in [4.78, 5) is 26.2. The minimum atomic E-state index is -0.259. The number of rotatable bonds is 6. The number of carbonyl (C=O) groups is 2. The molecule has 2 amide bonds. The van der Waals surface area contributed by atoms with Crippen LogP contribution < -0.4 is 10.7 Å². The van der Waals surface area contributed by atoms with Gasteiger partial charge in [0.2, 0.25) is 5.91 Å². The van der Waals surface area contributed by atoms with Crippen molar-refractivity contribution in [3.63, 3.8) is 0 Å². The SMILES string of the molecule is CC(=O)Nc1cccc(/C(C)=N\NC(=O)c2ccc(CN3CCc4ccccc4C3)cc2)c1. The van der Waals surface area contributed by atoms with Gasteiger partial charge >= 0.3 is 0 Å². The van der Waals surface area contributed by atoms with Crippen molar-refractivity contribution in [2.24, 2.45) is 5.10 Å². The van der Waals surface area contributed by atoms with Crippen LogP contribution in [-0.2, 0) is 24.3 Å². The van der Waals surface area contributed by atoms with Crippen LogP contribution in [0.3, 0.4) is 0 Å². The summed E-state index contributed by atoms with van der Waals surface area (Å²) < 4.78 is 0. The Labute approximate surface area is 194 Å². The predicted molar refractivity (Wildman–Crippen MR) is 131 cm³/mol. The van der Waals surface area contributed by atoms with E-state index in [0.29, 0.717) is 17.0 Å². The lowest BCUT2D eigenvalue weighted by atomic mass is 9.99. The molecule has 1 aliphatic rings. The summed E-state index contributed by atoms with van der Waals surface area (Å²) in [6.07, 6.45) is 1.07. The van der Waals surface area contributed by atoms with Crippen LogP contribution in [0.2, 0.25) is 0 Å². The average molecular weight is 441 g/mol. The molecule has 0 saturated heterocycles. The zero-order valence-electron chi connectivity index (χ0n) is 19.0. The zero-order valence-corrected chi connectivity index (χ0v) is 19.0. The molecule has 0 unspecified atom stereocenters. The van der Waals surface area contributed by atoms with E-state index < -0.39 is 0 Å². The minimum absolute atomic E-state index is 0.136. The maximum atomic E-state index is 12.5. The Morgan fingerprint density at radius 1 is 0.909 bits per heavy atom. The van der Waals surface area contributed by atoms with Gasteiger partial charge in [-0.25, -0.2) is 5.43 Å². The molecule has 3 aromatic rings. The van der Waals surface area contributed by atoms with E-state index >= 15 is 0 Å². The first-order chi connectivity index (χ1) is 16.0. The normalized spacial score (nSPS) is 13.8. The molecule has 0 aromatic heterocycles. The Hall–Kier alpha value is -3.77. The fraction of sp³-hybridized carbons (Fsp3) is 0.222. The van der Waals surface area contributed by atoms with Gasteiger partial charge in [-0.1, -0.05) is 48.5 Å². The van der Waals surface area contributed by atoms with Gasteiger partial charge in [-0.3, -0.25) is 14.5 Å². The molecule has 3 aromatic carbocycles. The molecule has 0 aliphatic carbocycles. The standard InChI is InChI=1S/C27H28N4O2/c1-19(24-8-5-9-26(16-24)28-20(2)32)29-30-27(33)23-12-10-21(11-13-23)17-31-15-14-22-6-3-4-7-25(22)18-31/h3-13,16H,14-15,17-18H2,1-2H3,(H,28,32)(H,30,33)/b29-19-. The molecule has 2 N–H and O–H groups in total. The fourth-order valence-electron chi connectivity index (χ4n) is 4.00. The zero-order chi connectivity index (χ0) is 23.2. The van der Waals surface area contributed by atoms with Crippen LogP contribution in [0.15, 0.2) is 77.9 Å². The van der Waals surface area contributed by atoms with E-state index in [9.17, 15) is 9.59 Å². The molecule has 0 atom stereocenters. The topological polar surface area (TPSA) is 73.8 Å². The highest BCUT2D eigenvalue weighted by atomic mass is 16.2. The van der Waals surface area contributed by atoms with Crippen molar-refractivity contribution in [2.75, 3.05) is 11.9 Å². The second-order valence-corrected chi connectivity index (χ2v) is 8.33. The third kappa shape index (κ3) is 5.93. The van der Waals surface area contributed by atoms with E-state index in [-0.39, 0.29) is 11.8 Å². The molecular weight excluding hydrogens is 412 g/mol. The molecule has 33 heavy (non-hydrogen) atoms. The van der Waals surface area contributed by atoms with Gasteiger partial charge in [-0.15, -0.1) is 0 Å². The maximum Gasteiger partial charge on any atom is 0.271 e. The molecule has 4 rings (SSSR count). The Kier molecular flexibility index (Phi) is 6.95. The van der Waals surface area contributed by atoms with Crippen LogP contribution in [0.4, 0.5) is 5.69 Å². The molecule has 6 heteroatoms. The van der Waals surface area contributed by atoms with E-state index in [0.717, 1.165) is 31.6 Å². The molecule has 0 bridgehead atoms. The second kappa shape index (κ2) is 10.2. The summed E-state index contributed by atoms with van der Waals surface area (Å²) >= 11 is 0. The smallest absolute Gasteiger partial charge is 0.271 e. The van der Waals surface area contributed by atoms with Crippen molar-refractivity contribution in [3.8, 4) is 0 Å². The number of nitrogens with one attached hydrogen (secondary N) is 2. The lowest BCUT2D eigenvalue weighted by Crippen LogP contribution is -2.30. The van der Waals surface area contributed by atoms with Crippen LogP contribution in [0, 0.1) is 0 Å². The highest BCUT2D eigenvalue weighted by molar-refractivity contribution is 6.02. The molecule has 1 heterocycles.